The summed E-state index contributed by atoms with van der Waals surface area (Å²) in [7, 11) is 0. The highest BCUT2D eigenvalue weighted by molar-refractivity contribution is 6.30. The van der Waals surface area contributed by atoms with Crippen molar-refractivity contribution in [3.63, 3.8) is 0 Å². The van der Waals surface area contributed by atoms with Crippen LogP contribution in [-0.4, -0.2) is 32.1 Å². The van der Waals surface area contributed by atoms with Gasteiger partial charge in [0.05, 0.1) is 11.6 Å². The average molecular weight is 363 g/mol. The molecule has 1 saturated heterocycles. The van der Waals surface area contributed by atoms with Crippen LogP contribution in [0.5, 0.6) is 0 Å². The maximum absolute atomic E-state index is 14.2. The van der Waals surface area contributed by atoms with Crippen molar-refractivity contribution in [2.75, 3.05) is 6.54 Å². The van der Waals surface area contributed by atoms with E-state index in [0.29, 0.717) is 6.54 Å². The molecule has 4 rings (SSSR count). The van der Waals surface area contributed by atoms with E-state index >= 15 is 0 Å². The summed E-state index contributed by atoms with van der Waals surface area (Å²) in [6.45, 7) is 1.50. The molecule has 1 aromatic carbocycles. The molecule has 1 aromatic heterocycles. The normalized spacial score (nSPS) is 20.4. The molecule has 1 unspecified atom stereocenters. The van der Waals surface area contributed by atoms with Gasteiger partial charge in [-0.25, -0.2) is 4.39 Å². The first kappa shape index (κ1) is 16.5. The number of amides is 1. The summed E-state index contributed by atoms with van der Waals surface area (Å²) in [6.07, 6.45) is 6.06. The van der Waals surface area contributed by atoms with Gasteiger partial charge in [0, 0.05) is 24.5 Å². The summed E-state index contributed by atoms with van der Waals surface area (Å²) < 4.78 is 16.4. The Kier molecular flexibility index (Phi) is 4.46. The summed E-state index contributed by atoms with van der Waals surface area (Å²) in [5.41, 5.74) is 0.0619. The predicted octanol–water partition coefficient (Wildman–Crippen LogP) is 3.77. The molecule has 0 radical (unpaired) electrons. The Hall–Kier alpha value is -1.95. The Morgan fingerprint density at radius 2 is 2.04 bits per heavy atom. The SMILES string of the molecule is O=C(c1ccc(Cl)cc1F)N1CCCC1c1nnc2n1CCCCC2. The minimum atomic E-state index is -0.580. The van der Waals surface area contributed by atoms with Gasteiger partial charge in [0.15, 0.2) is 5.82 Å². The first-order valence-corrected chi connectivity index (χ1v) is 9.21. The van der Waals surface area contributed by atoms with Crippen molar-refractivity contribution in [1.29, 1.82) is 0 Å². The number of likely N-dealkylation sites (tertiary alicyclic amines) is 1. The first-order valence-electron chi connectivity index (χ1n) is 8.83. The van der Waals surface area contributed by atoms with Crippen LogP contribution in [0, 0.1) is 5.82 Å². The number of benzene rings is 1. The van der Waals surface area contributed by atoms with Gasteiger partial charge in [0.1, 0.15) is 11.6 Å². The van der Waals surface area contributed by atoms with Crippen LogP contribution in [0.3, 0.4) is 0 Å². The van der Waals surface area contributed by atoms with E-state index in [2.05, 4.69) is 14.8 Å². The van der Waals surface area contributed by atoms with Crippen molar-refractivity contribution in [3.8, 4) is 0 Å². The van der Waals surface area contributed by atoms with Crippen LogP contribution in [-0.2, 0) is 13.0 Å². The van der Waals surface area contributed by atoms with E-state index in [9.17, 15) is 9.18 Å². The molecule has 1 fully saturated rings. The molecule has 5 nitrogen and oxygen atoms in total. The molecular formula is C18H20ClFN4O. The van der Waals surface area contributed by atoms with Crippen molar-refractivity contribution < 1.29 is 9.18 Å². The van der Waals surface area contributed by atoms with E-state index in [1.165, 1.54) is 18.6 Å². The monoisotopic (exact) mass is 362 g/mol. The Labute approximate surface area is 150 Å². The van der Waals surface area contributed by atoms with E-state index in [0.717, 1.165) is 50.3 Å². The number of hydrogen-bond acceptors (Lipinski definition) is 3. The van der Waals surface area contributed by atoms with Gasteiger partial charge in [-0.05, 0) is 43.9 Å². The highest BCUT2D eigenvalue weighted by Gasteiger charge is 2.35. The fourth-order valence-electron chi connectivity index (χ4n) is 3.85. The van der Waals surface area contributed by atoms with Crippen molar-refractivity contribution in [2.45, 2.75) is 51.1 Å². The van der Waals surface area contributed by atoms with E-state index < -0.39 is 5.82 Å². The molecule has 1 atom stereocenters. The average Bonchev–Trinajstić information content (AvgIpc) is 3.15. The number of carbonyl (C=O) groups is 1. The Bertz CT molecular complexity index is 806. The summed E-state index contributed by atoms with van der Waals surface area (Å²) >= 11 is 5.80. The number of carbonyl (C=O) groups excluding carboxylic acids is 1. The van der Waals surface area contributed by atoms with Gasteiger partial charge in [-0.15, -0.1) is 10.2 Å². The van der Waals surface area contributed by atoms with Crippen LogP contribution in [0.2, 0.25) is 5.02 Å². The van der Waals surface area contributed by atoms with E-state index in [1.54, 1.807) is 11.0 Å². The van der Waals surface area contributed by atoms with Crippen LogP contribution in [0.25, 0.3) is 0 Å². The standard InChI is InChI=1S/C18H20ClFN4O/c19-12-7-8-13(14(20)11-12)18(25)23-10-4-5-15(23)17-22-21-16-6-2-1-3-9-24(16)17/h7-8,11,15H,1-6,9-10H2. The van der Waals surface area contributed by atoms with Gasteiger partial charge in [0.25, 0.3) is 5.91 Å². The number of aryl methyl sites for hydroxylation is 1. The highest BCUT2D eigenvalue weighted by atomic mass is 35.5. The molecule has 0 N–H and O–H groups in total. The zero-order valence-corrected chi connectivity index (χ0v) is 14.7. The molecule has 2 aliphatic heterocycles. The molecule has 3 heterocycles. The second-order valence-electron chi connectivity index (χ2n) is 6.72. The van der Waals surface area contributed by atoms with Gasteiger partial charge in [-0.3, -0.25) is 4.79 Å². The third-order valence-electron chi connectivity index (χ3n) is 5.11. The second kappa shape index (κ2) is 6.75. The molecule has 0 bridgehead atoms. The van der Waals surface area contributed by atoms with Gasteiger partial charge < -0.3 is 9.47 Å². The van der Waals surface area contributed by atoms with Crippen LogP contribution < -0.4 is 0 Å². The van der Waals surface area contributed by atoms with Gasteiger partial charge >= 0.3 is 0 Å². The third kappa shape index (κ3) is 3.03. The third-order valence-corrected chi connectivity index (χ3v) is 5.35. The lowest BCUT2D eigenvalue weighted by atomic mass is 10.1. The minimum absolute atomic E-state index is 0.0619. The van der Waals surface area contributed by atoms with Crippen molar-refractivity contribution in [1.82, 2.24) is 19.7 Å². The van der Waals surface area contributed by atoms with Crippen LogP contribution in [0.1, 0.15) is 60.2 Å². The van der Waals surface area contributed by atoms with E-state index in [4.69, 9.17) is 11.6 Å². The fourth-order valence-corrected chi connectivity index (χ4v) is 4.01. The second-order valence-corrected chi connectivity index (χ2v) is 7.15. The molecule has 0 spiro atoms. The number of hydrogen-bond donors (Lipinski definition) is 0. The first-order chi connectivity index (χ1) is 12.1. The highest BCUT2D eigenvalue weighted by Crippen LogP contribution is 2.34. The number of nitrogens with zero attached hydrogens (tertiary/aromatic N) is 4. The number of rotatable bonds is 2. The number of halogens is 2. The van der Waals surface area contributed by atoms with Crippen molar-refractivity contribution in [3.05, 3.63) is 46.3 Å². The Morgan fingerprint density at radius 3 is 2.88 bits per heavy atom. The largest absolute Gasteiger partial charge is 0.328 e. The summed E-state index contributed by atoms with van der Waals surface area (Å²) in [6, 6.07) is 4.05. The molecule has 2 aliphatic rings. The fraction of sp³-hybridized carbons (Fsp3) is 0.500. The van der Waals surface area contributed by atoms with Crippen LogP contribution in [0.4, 0.5) is 4.39 Å². The Balaban J connectivity index is 1.65. The zero-order valence-electron chi connectivity index (χ0n) is 13.9. The molecule has 7 heteroatoms. The smallest absolute Gasteiger partial charge is 0.257 e. The summed E-state index contributed by atoms with van der Waals surface area (Å²) in [5, 5.41) is 9.02. The zero-order chi connectivity index (χ0) is 17.4. The van der Waals surface area contributed by atoms with Crippen LogP contribution >= 0.6 is 11.6 Å². The topological polar surface area (TPSA) is 51.0 Å². The van der Waals surface area contributed by atoms with E-state index in [1.807, 2.05) is 0 Å². The number of fused-ring (bicyclic) bond motifs is 1. The lowest BCUT2D eigenvalue weighted by molar-refractivity contribution is 0.0722. The van der Waals surface area contributed by atoms with E-state index in [-0.39, 0.29) is 22.5 Å². The molecule has 2 aromatic rings. The minimum Gasteiger partial charge on any atom is -0.328 e. The maximum Gasteiger partial charge on any atom is 0.257 e. The summed E-state index contributed by atoms with van der Waals surface area (Å²) in [5.74, 6) is 0.965. The molecular weight excluding hydrogens is 343 g/mol. The van der Waals surface area contributed by atoms with Gasteiger partial charge in [-0.2, -0.15) is 0 Å². The lowest BCUT2D eigenvalue weighted by Crippen LogP contribution is -2.32. The van der Waals surface area contributed by atoms with Gasteiger partial charge in [0.2, 0.25) is 0 Å². The maximum atomic E-state index is 14.2. The lowest BCUT2D eigenvalue weighted by Gasteiger charge is -2.25. The molecule has 25 heavy (non-hydrogen) atoms. The number of aromatic nitrogens is 3. The molecule has 0 saturated carbocycles. The predicted molar refractivity (Wildman–Crippen MR) is 92.0 cm³/mol. The van der Waals surface area contributed by atoms with Gasteiger partial charge in [-0.1, -0.05) is 18.0 Å². The molecule has 132 valence electrons. The Morgan fingerprint density at radius 1 is 1.16 bits per heavy atom. The van der Waals surface area contributed by atoms with Crippen molar-refractivity contribution in [2.24, 2.45) is 0 Å². The molecule has 0 aliphatic carbocycles. The summed E-state index contributed by atoms with van der Waals surface area (Å²) in [4.78, 5) is 14.6. The quantitative estimate of drug-likeness (QED) is 0.817. The van der Waals surface area contributed by atoms with Crippen LogP contribution in [0.15, 0.2) is 18.2 Å². The molecule has 1 amide bonds. The van der Waals surface area contributed by atoms with Crippen molar-refractivity contribution >= 4 is 17.5 Å².